The van der Waals surface area contributed by atoms with E-state index in [1.807, 2.05) is 38.1 Å². The van der Waals surface area contributed by atoms with Crippen molar-refractivity contribution in [1.82, 2.24) is 4.90 Å². The Balaban J connectivity index is 2.14. The van der Waals surface area contributed by atoms with E-state index in [9.17, 15) is 9.59 Å². The molecule has 0 spiro atoms. The molecule has 1 aromatic carbocycles. The Labute approximate surface area is 155 Å². The first kappa shape index (κ1) is 19.6. The van der Waals surface area contributed by atoms with Crippen molar-refractivity contribution in [3.05, 3.63) is 65.5 Å². The molecular weight excluding hydrogens is 326 g/mol. The summed E-state index contributed by atoms with van der Waals surface area (Å²) in [5.41, 5.74) is 5.13. The first-order chi connectivity index (χ1) is 12.3. The standard InChI is InChI=1S/C21H27N3O2/c1-6-23(7-2)20(26)17-9-8-14-24(15-17)22-19(25)16-10-12-18(13-11-16)21(3,4)5/h8-15H,6-7H2,1-5H3/p+1. The van der Waals surface area contributed by atoms with E-state index in [1.54, 1.807) is 29.4 Å². The summed E-state index contributed by atoms with van der Waals surface area (Å²) < 4.78 is 1.52. The van der Waals surface area contributed by atoms with E-state index in [2.05, 4.69) is 26.2 Å². The van der Waals surface area contributed by atoms with Crippen molar-refractivity contribution in [1.29, 1.82) is 0 Å². The van der Waals surface area contributed by atoms with Crippen molar-refractivity contribution in [3.8, 4) is 0 Å². The molecule has 0 saturated carbocycles. The lowest BCUT2D eigenvalue weighted by Crippen LogP contribution is -2.48. The molecule has 0 radical (unpaired) electrons. The molecule has 0 bridgehead atoms. The van der Waals surface area contributed by atoms with Crippen LogP contribution in [0.25, 0.3) is 0 Å². The minimum absolute atomic E-state index is 0.0445. The molecule has 0 aliphatic rings. The van der Waals surface area contributed by atoms with Gasteiger partial charge in [-0.2, -0.15) is 0 Å². The summed E-state index contributed by atoms with van der Waals surface area (Å²) in [5, 5.41) is 0. The van der Waals surface area contributed by atoms with Crippen LogP contribution < -0.4 is 10.1 Å². The summed E-state index contributed by atoms with van der Waals surface area (Å²) in [7, 11) is 0. The van der Waals surface area contributed by atoms with Gasteiger partial charge in [-0.1, -0.05) is 37.6 Å². The highest BCUT2D eigenvalue weighted by Crippen LogP contribution is 2.22. The van der Waals surface area contributed by atoms with E-state index < -0.39 is 0 Å². The van der Waals surface area contributed by atoms with E-state index in [1.165, 1.54) is 10.2 Å². The summed E-state index contributed by atoms with van der Waals surface area (Å²) in [5.74, 6) is -0.268. The summed E-state index contributed by atoms with van der Waals surface area (Å²) in [6.07, 6.45) is 3.35. The normalized spacial score (nSPS) is 11.1. The van der Waals surface area contributed by atoms with Gasteiger partial charge >= 0.3 is 5.91 Å². The molecule has 2 aromatic rings. The van der Waals surface area contributed by atoms with Crippen LogP contribution in [-0.2, 0) is 5.41 Å². The number of hydrogen-bond acceptors (Lipinski definition) is 2. The third kappa shape index (κ3) is 4.69. The number of hydrogen-bond donors (Lipinski definition) is 1. The molecule has 0 aliphatic carbocycles. The van der Waals surface area contributed by atoms with Crippen molar-refractivity contribution in [2.75, 3.05) is 18.5 Å². The predicted octanol–water partition coefficient (Wildman–Crippen LogP) is 3.14. The second-order valence-electron chi connectivity index (χ2n) is 7.25. The van der Waals surface area contributed by atoms with Crippen LogP contribution in [-0.4, -0.2) is 29.8 Å². The zero-order valence-corrected chi connectivity index (χ0v) is 16.2. The molecule has 2 amide bonds. The average molecular weight is 354 g/mol. The highest BCUT2D eigenvalue weighted by Gasteiger charge is 2.18. The Kier molecular flexibility index (Phi) is 6.14. The van der Waals surface area contributed by atoms with E-state index in [4.69, 9.17) is 0 Å². The number of aromatic nitrogens is 1. The van der Waals surface area contributed by atoms with Gasteiger partial charge in [-0.25, -0.2) is 0 Å². The number of carbonyl (C=O) groups is 2. The molecule has 138 valence electrons. The van der Waals surface area contributed by atoms with Crippen LogP contribution in [0.3, 0.4) is 0 Å². The Hall–Kier alpha value is -2.69. The second kappa shape index (κ2) is 8.13. The molecule has 5 nitrogen and oxygen atoms in total. The Morgan fingerprint density at radius 1 is 1.00 bits per heavy atom. The van der Waals surface area contributed by atoms with Crippen LogP contribution in [0, 0.1) is 0 Å². The maximum absolute atomic E-state index is 12.5. The van der Waals surface area contributed by atoms with Gasteiger partial charge in [0.05, 0.1) is 0 Å². The quantitative estimate of drug-likeness (QED) is 0.839. The van der Waals surface area contributed by atoms with Crippen molar-refractivity contribution in [2.45, 2.75) is 40.0 Å². The van der Waals surface area contributed by atoms with E-state index in [0.717, 1.165) is 0 Å². The zero-order chi connectivity index (χ0) is 19.3. The monoisotopic (exact) mass is 354 g/mol. The van der Waals surface area contributed by atoms with Gasteiger partial charge in [0.2, 0.25) is 6.20 Å². The number of nitrogens with one attached hydrogen (secondary N) is 1. The van der Waals surface area contributed by atoms with Gasteiger partial charge in [-0.3, -0.25) is 9.59 Å². The Morgan fingerprint density at radius 2 is 1.62 bits per heavy atom. The van der Waals surface area contributed by atoms with Crippen LogP contribution in [0.5, 0.6) is 0 Å². The van der Waals surface area contributed by atoms with Crippen molar-refractivity contribution in [3.63, 3.8) is 0 Å². The molecule has 1 N–H and O–H groups in total. The molecule has 1 aromatic heterocycles. The van der Waals surface area contributed by atoms with Crippen molar-refractivity contribution >= 4 is 11.8 Å². The fourth-order valence-corrected chi connectivity index (χ4v) is 2.67. The van der Waals surface area contributed by atoms with Crippen LogP contribution in [0.1, 0.15) is 60.9 Å². The molecule has 0 aliphatic heterocycles. The maximum atomic E-state index is 12.5. The van der Waals surface area contributed by atoms with E-state index >= 15 is 0 Å². The lowest BCUT2D eigenvalue weighted by Gasteiger charge is -2.18. The molecule has 0 atom stereocenters. The summed E-state index contributed by atoms with van der Waals surface area (Å²) >= 11 is 0. The Bertz CT molecular complexity index is 773. The fraction of sp³-hybridized carbons (Fsp3) is 0.381. The molecule has 26 heavy (non-hydrogen) atoms. The SMILES string of the molecule is CCN(CC)C(=O)c1ccc[n+](NC(=O)c2ccc(C(C)(C)C)cc2)c1. The molecule has 1 heterocycles. The second-order valence-corrected chi connectivity index (χ2v) is 7.25. The minimum Gasteiger partial charge on any atom is -0.339 e. The van der Waals surface area contributed by atoms with Gasteiger partial charge in [-0.15, -0.1) is 5.43 Å². The average Bonchev–Trinajstić information content (AvgIpc) is 2.62. The number of nitrogens with zero attached hydrogens (tertiary/aromatic N) is 2. The minimum atomic E-state index is -0.220. The number of rotatable bonds is 5. The van der Waals surface area contributed by atoms with Gasteiger partial charge in [0.15, 0.2) is 6.20 Å². The number of carbonyl (C=O) groups excluding carboxylic acids is 2. The maximum Gasteiger partial charge on any atom is 0.305 e. The van der Waals surface area contributed by atoms with Gasteiger partial charge in [0.25, 0.3) is 5.91 Å². The summed E-state index contributed by atoms with van der Waals surface area (Å²) in [6, 6.07) is 11.1. The van der Waals surface area contributed by atoms with Gasteiger partial charge in [0, 0.05) is 24.7 Å². The van der Waals surface area contributed by atoms with E-state index in [-0.39, 0.29) is 17.2 Å². The topological polar surface area (TPSA) is 53.3 Å². The fourth-order valence-electron chi connectivity index (χ4n) is 2.67. The molecule has 0 fully saturated rings. The number of pyridine rings is 1. The van der Waals surface area contributed by atoms with Gasteiger partial charge in [0.1, 0.15) is 5.56 Å². The third-order valence-corrected chi connectivity index (χ3v) is 4.34. The van der Waals surface area contributed by atoms with Crippen molar-refractivity contribution < 1.29 is 14.3 Å². The molecule has 0 saturated heterocycles. The number of amides is 2. The lowest BCUT2D eigenvalue weighted by molar-refractivity contribution is -0.641. The highest BCUT2D eigenvalue weighted by atomic mass is 16.2. The molecule has 5 heteroatoms. The molecule has 2 rings (SSSR count). The molecule has 0 unspecified atom stereocenters. The largest absolute Gasteiger partial charge is 0.339 e. The molecular formula is C21H28N3O2+. The number of benzene rings is 1. The smallest absolute Gasteiger partial charge is 0.305 e. The van der Waals surface area contributed by atoms with Crippen LogP contribution in [0.4, 0.5) is 0 Å². The van der Waals surface area contributed by atoms with Crippen LogP contribution in [0.15, 0.2) is 48.8 Å². The Morgan fingerprint density at radius 3 is 2.15 bits per heavy atom. The highest BCUT2D eigenvalue weighted by molar-refractivity contribution is 5.99. The van der Waals surface area contributed by atoms with E-state index in [0.29, 0.717) is 24.2 Å². The first-order valence-electron chi connectivity index (χ1n) is 8.98. The van der Waals surface area contributed by atoms with Crippen LogP contribution >= 0.6 is 0 Å². The van der Waals surface area contributed by atoms with Gasteiger partial charge < -0.3 is 4.90 Å². The predicted molar refractivity (Wildman–Crippen MR) is 103 cm³/mol. The first-order valence-corrected chi connectivity index (χ1v) is 8.98. The van der Waals surface area contributed by atoms with Gasteiger partial charge in [-0.05, 0) is 43.0 Å². The summed E-state index contributed by atoms with van der Waals surface area (Å²) in [6.45, 7) is 11.6. The zero-order valence-electron chi connectivity index (χ0n) is 16.2. The summed E-state index contributed by atoms with van der Waals surface area (Å²) in [4.78, 5) is 26.7. The third-order valence-electron chi connectivity index (χ3n) is 4.34. The van der Waals surface area contributed by atoms with Crippen LogP contribution in [0.2, 0.25) is 0 Å². The van der Waals surface area contributed by atoms with Crippen molar-refractivity contribution in [2.24, 2.45) is 0 Å². The lowest BCUT2D eigenvalue weighted by atomic mass is 9.87.